The highest BCUT2D eigenvalue weighted by Crippen LogP contribution is 2.47. The normalized spacial score (nSPS) is 13.6. The number of aliphatic imine (C=N–C) groups is 1. The van der Waals surface area contributed by atoms with E-state index in [-0.39, 0.29) is 0 Å². The van der Waals surface area contributed by atoms with Crippen LogP contribution in [-0.4, -0.2) is 5.71 Å². The van der Waals surface area contributed by atoms with Crippen molar-refractivity contribution in [2.45, 2.75) is 26.7 Å². The number of allylic oxidation sites excluding steroid dienone is 3. The van der Waals surface area contributed by atoms with E-state index in [0.717, 1.165) is 68.4 Å². The van der Waals surface area contributed by atoms with Gasteiger partial charge in [-0.15, -0.1) is 0 Å². The van der Waals surface area contributed by atoms with Crippen molar-refractivity contribution in [3.8, 4) is 22.3 Å². The molecule has 0 N–H and O–H groups in total. The highest BCUT2D eigenvalue weighted by atomic mass is 16.3. The zero-order chi connectivity index (χ0) is 39.5. The summed E-state index contributed by atoms with van der Waals surface area (Å²) in [6.07, 6.45) is 1.52. The van der Waals surface area contributed by atoms with Crippen molar-refractivity contribution in [3.05, 3.63) is 216 Å². The Bertz CT molecular complexity index is 3390. The van der Waals surface area contributed by atoms with Gasteiger partial charge < -0.3 is 4.42 Å². The van der Waals surface area contributed by atoms with Crippen LogP contribution < -0.4 is 0 Å². The topological polar surface area (TPSA) is 25.5 Å². The number of fused-ring (bicyclic) bond motifs is 6. The van der Waals surface area contributed by atoms with Gasteiger partial charge >= 0.3 is 0 Å². The highest BCUT2D eigenvalue weighted by molar-refractivity contribution is 6.17. The summed E-state index contributed by atoms with van der Waals surface area (Å²) in [5.74, 6) is 0. The molecule has 0 unspecified atom stereocenters. The maximum atomic E-state index is 6.64. The van der Waals surface area contributed by atoms with E-state index in [2.05, 4.69) is 202 Å². The molecule has 0 aliphatic carbocycles. The van der Waals surface area contributed by atoms with Crippen LogP contribution in [0.5, 0.6) is 0 Å². The summed E-state index contributed by atoms with van der Waals surface area (Å²) in [5.41, 5.74) is 15.8. The summed E-state index contributed by atoms with van der Waals surface area (Å²) in [6.45, 7) is 4.59. The largest absolute Gasteiger partial charge is 0.456 e. The molecule has 0 saturated heterocycles. The predicted molar refractivity (Wildman–Crippen MR) is 251 cm³/mol. The van der Waals surface area contributed by atoms with Gasteiger partial charge in [-0.3, -0.25) is 4.99 Å². The minimum atomic E-state index is 0.720. The van der Waals surface area contributed by atoms with E-state index in [0.29, 0.717) is 0 Å². The second-order valence-electron chi connectivity index (χ2n) is 15.8. The number of benzene rings is 9. The average Bonchev–Trinajstić information content (AvgIpc) is 3.60. The molecule has 0 amide bonds. The Morgan fingerprint density at radius 1 is 0.475 bits per heavy atom. The van der Waals surface area contributed by atoms with Crippen LogP contribution in [0.4, 0.5) is 0 Å². The summed E-state index contributed by atoms with van der Waals surface area (Å²) < 4.78 is 6.64. The predicted octanol–water partition coefficient (Wildman–Crippen LogP) is 15.9. The van der Waals surface area contributed by atoms with Crippen molar-refractivity contribution in [2.24, 2.45) is 4.99 Å². The van der Waals surface area contributed by atoms with Gasteiger partial charge in [0.05, 0.1) is 11.4 Å². The van der Waals surface area contributed by atoms with Crippen molar-refractivity contribution in [1.29, 1.82) is 0 Å². The van der Waals surface area contributed by atoms with Gasteiger partial charge in [0.1, 0.15) is 11.2 Å². The number of hydrogen-bond donors (Lipinski definition) is 0. The van der Waals surface area contributed by atoms with Gasteiger partial charge in [0, 0.05) is 22.8 Å². The lowest BCUT2D eigenvalue weighted by molar-refractivity contribution is 0.669. The minimum absolute atomic E-state index is 0.720. The first-order valence-electron chi connectivity index (χ1n) is 20.6. The Morgan fingerprint density at radius 2 is 1.00 bits per heavy atom. The van der Waals surface area contributed by atoms with E-state index in [9.17, 15) is 0 Å². The van der Waals surface area contributed by atoms with Crippen LogP contribution in [0.1, 0.15) is 43.4 Å². The number of rotatable bonds is 6. The molecular weight excluding hydrogens is 715 g/mol. The van der Waals surface area contributed by atoms with Crippen LogP contribution in [-0.2, 0) is 0 Å². The molecule has 2 heterocycles. The second-order valence-corrected chi connectivity index (χ2v) is 15.8. The molecule has 0 spiro atoms. The van der Waals surface area contributed by atoms with E-state index in [4.69, 9.17) is 9.41 Å². The monoisotopic (exact) mass is 755 g/mol. The number of hydrogen-bond acceptors (Lipinski definition) is 2. The minimum Gasteiger partial charge on any atom is -0.456 e. The van der Waals surface area contributed by atoms with E-state index in [1.54, 1.807) is 0 Å². The molecule has 0 bridgehead atoms. The first-order valence-corrected chi connectivity index (χ1v) is 20.6. The molecule has 0 radical (unpaired) electrons. The van der Waals surface area contributed by atoms with Crippen molar-refractivity contribution < 1.29 is 4.42 Å². The maximum absolute atomic E-state index is 6.64. The first kappa shape index (κ1) is 34.9. The Kier molecular flexibility index (Phi) is 8.45. The SMILES string of the molecule is CCC1=C(c2c(-c3ccc4ccccc4c3)ccc3oc4ccccc4c23)N=C(c2ccc(-c3ccc4ccccc4c3)cc2)CC(C)=C1c1ccc2ccccc2c1. The van der Waals surface area contributed by atoms with E-state index >= 15 is 0 Å². The van der Waals surface area contributed by atoms with Gasteiger partial charge in [0.25, 0.3) is 0 Å². The van der Waals surface area contributed by atoms with Crippen molar-refractivity contribution in [2.75, 3.05) is 0 Å². The van der Waals surface area contributed by atoms with Crippen LogP contribution in [0.15, 0.2) is 209 Å². The van der Waals surface area contributed by atoms with Gasteiger partial charge in [-0.25, -0.2) is 0 Å². The molecule has 0 saturated carbocycles. The highest BCUT2D eigenvalue weighted by Gasteiger charge is 2.27. The third-order valence-electron chi connectivity index (χ3n) is 12.2. The Morgan fingerprint density at radius 3 is 1.66 bits per heavy atom. The zero-order valence-corrected chi connectivity index (χ0v) is 33.2. The van der Waals surface area contributed by atoms with Gasteiger partial charge in [0.15, 0.2) is 0 Å². The smallest absolute Gasteiger partial charge is 0.136 e. The third-order valence-corrected chi connectivity index (χ3v) is 12.2. The summed E-state index contributed by atoms with van der Waals surface area (Å²) in [4.78, 5) is 5.90. The quantitative estimate of drug-likeness (QED) is 0.166. The zero-order valence-electron chi connectivity index (χ0n) is 33.2. The van der Waals surface area contributed by atoms with Gasteiger partial charge in [0.2, 0.25) is 0 Å². The molecule has 9 aromatic carbocycles. The lowest BCUT2D eigenvalue weighted by Gasteiger charge is -2.20. The standard InChI is InChI=1S/C57H41NO/c1-3-48-54(47-29-24-39-14-6-9-17-44(39)35-47)36(2)32-51(41-25-20-40(21-26-41)45-27-22-37-12-4-7-15-42(37)33-45)58-57(48)56-49(46-28-23-38-13-5-8-16-43(38)34-46)30-31-53-55(56)50-18-10-11-19-52(50)59-53/h4-31,33-35H,3,32H2,1-2H3. The molecule has 59 heavy (non-hydrogen) atoms. The Balaban J connectivity index is 1.18. The number of furan rings is 1. The lowest BCUT2D eigenvalue weighted by atomic mass is 9.85. The lowest BCUT2D eigenvalue weighted by Crippen LogP contribution is -2.02. The fourth-order valence-electron chi connectivity index (χ4n) is 9.32. The molecule has 280 valence electrons. The average molecular weight is 756 g/mol. The van der Waals surface area contributed by atoms with Crippen LogP contribution in [0.2, 0.25) is 0 Å². The molecule has 1 aliphatic rings. The molecule has 2 nitrogen and oxygen atoms in total. The van der Waals surface area contributed by atoms with Gasteiger partial charge in [-0.05, 0) is 127 Å². The van der Waals surface area contributed by atoms with Crippen molar-refractivity contribution in [1.82, 2.24) is 0 Å². The molecule has 0 fully saturated rings. The Labute approximate surface area is 344 Å². The van der Waals surface area contributed by atoms with Crippen LogP contribution in [0, 0.1) is 0 Å². The van der Waals surface area contributed by atoms with Crippen molar-refractivity contribution >= 4 is 71.2 Å². The maximum Gasteiger partial charge on any atom is 0.136 e. The molecule has 10 aromatic rings. The summed E-state index contributed by atoms with van der Waals surface area (Å²) in [6, 6.07) is 68.2. The van der Waals surface area contributed by atoms with Crippen LogP contribution >= 0.6 is 0 Å². The van der Waals surface area contributed by atoms with E-state index in [1.807, 2.05) is 0 Å². The van der Waals surface area contributed by atoms with E-state index < -0.39 is 0 Å². The Hall–Kier alpha value is -7.29. The fraction of sp³-hybridized carbons (Fsp3) is 0.0702. The van der Waals surface area contributed by atoms with Crippen LogP contribution in [0.3, 0.4) is 0 Å². The first-order chi connectivity index (χ1) is 29.1. The number of nitrogens with zero attached hydrogens (tertiary/aromatic N) is 1. The van der Waals surface area contributed by atoms with Gasteiger partial charge in [-0.2, -0.15) is 0 Å². The fourth-order valence-corrected chi connectivity index (χ4v) is 9.32. The summed E-state index contributed by atoms with van der Waals surface area (Å²) in [7, 11) is 0. The van der Waals surface area contributed by atoms with Crippen molar-refractivity contribution in [3.63, 3.8) is 0 Å². The molecule has 2 heteroatoms. The molecular formula is C57H41NO. The number of para-hydroxylation sites is 1. The molecule has 0 atom stereocenters. The molecule has 1 aromatic heterocycles. The third kappa shape index (κ3) is 6.08. The van der Waals surface area contributed by atoms with E-state index in [1.165, 1.54) is 65.7 Å². The summed E-state index contributed by atoms with van der Waals surface area (Å²) >= 11 is 0. The molecule has 11 rings (SSSR count). The summed E-state index contributed by atoms with van der Waals surface area (Å²) in [5, 5.41) is 9.59. The van der Waals surface area contributed by atoms with Crippen LogP contribution in [0.25, 0.3) is 87.8 Å². The second kappa shape index (κ2) is 14.3. The van der Waals surface area contributed by atoms with Gasteiger partial charge in [-0.1, -0.05) is 164 Å². The molecule has 1 aliphatic heterocycles.